The first kappa shape index (κ1) is 35.5. The Hall–Kier alpha value is -3.85. The Morgan fingerprint density at radius 1 is 0.938 bits per heavy atom. The van der Waals surface area contributed by atoms with Crippen molar-refractivity contribution in [3.63, 3.8) is 0 Å². The molecule has 0 bridgehead atoms. The second kappa shape index (κ2) is 14.3. The van der Waals surface area contributed by atoms with Gasteiger partial charge in [-0.15, -0.1) is 0 Å². The number of ether oxygens (including phenoxy) is 1. The lowest BCUT2D eigenvalue weighted by Crippen LogP contribution is -2.57. The van der Waals surface area contributed by atoms with Gasteiger partial charge in [-0.3, -0.25) is 19.4 Å². The first-order chi connectivity index (χ1) is 22.6. The van der Waals surface area contributed by atoms with Crippen molar-refractivity contribution in [3.8, 4) is 5.75 Å². The van der Waals surface area contributed by atoms with Crippen LogP contribution in [0.25, 0.3) is 0 Å². The predicted molar refractivity (Wildman–Crippen MR) is 186 cm³/mol. The van der Waals surface area contributed by atoms with E-state index in [9.17, 15) is 26.4 Å². The average Bonchev–Trinajstić information content (AvgIpc) is 3.40. The SMILES string of the molecule is CCOc1cc(NS(C)(=O)=O)ccc1C1=N[C@@H](c2ccc(Cl)cc2)[C@@H](c2ccc(Cl)cc2)N1C(=O)N1CCN(CCS(C)(=O)=O)C(=O)C1. The number of urea groups is 1. The summed E-state index contributed by atoms with van der Waals surface area (Å²) in [4.78, 5) is 37.4. The van der Waals surface area contributed by atoms with E-state index in [0.29, 0.717) is 15.6 Å². The molecular formula is C32H35Cl2N5O7S2. The van der Waals surface area contributed by atoms with Gasteiger partial charge >= 0.3 is 6.03 Å². The number of amidine groups is 1. The molecule has 12 nitrogen and oxygen atoms in total. The minimum absolute atomic E-state index is 0.0355. The number of halogens is 2. The van der Waals surface area contributed by atoms with Gasteiger partial charge in [-0.05, 0) is 54.4 Å². The number of anilines is 1. The molecule has 3 amide bonds. The van der Waals surface area contributed by atoms with E-state index >= 15 is 0 Å². The van der Waals surface area contributed by atoms with Gasteiger partial charge in [0.2, 0.25) is 15.9 Å². The van der Waals surface area contributed by atoms with Gasteiger partial charge in [-0.1, -0.05) is 47.5 Å². The highest BCUT2D eigenvalue weighted by Crippen LogP contribution is 2.45. The Morgan fingerprint density at radius 2 is 1.56 bits per heavy atom. The van der Waals surface area contributed by atoms with Gasteiger partial charge in [-0.2, -0.15) is 0 Å². The topological polar surface area (TPSA) is 146 Å². The highest BCUT2D eigenvalue weighted by molar-refractivity contribution is 7.92. The number of hydrogen-bond donors (Lipinski definition) is 1. The van der Waals surface area contributed by atoms with Gasteiger partial charge in [0, 0.05) is 42.0 Å². The molecule has 0 saturated carbocycles. The van der Waals surface area contributed by atoms with Crippen LogP contribution >= 0.6 is 23.2 Å². The molecule has 0 radical (unpaired) electrons. The minimum atomic E-state index is -3.60. The zero-order valence-electron chi connectivity index (χ0n) is 26.5. The van der Waals surface area contributed by atoms with Gasteiger partial charge in [0.15, 0.2) is 0 Å². The molecule has 3 aromatic carbocycles. The van der Waals surface area contributed by atoms with Crippen molar-refractivity contribution < 1.29 is 31.2 Å². The molecule has 0 aliphatic carbocycles. The summed E-state index contributed by atoms with van der Waals surface area (Å²) in [5, 5.41) is 1.03. The number of nitrogens with zero attached hydrogens (tertiary/aromatic N) is 4. The molecule has 256 valence electrons. The fraction of sp³-hybridized carbons (Fsp3) is 0.344. The van der Waals surface area contributed by atoms with Crippen LogP contribution in [0.4, 0.5) is 10.5 Å². The monoisotopic (exact) mass is 735 g/mol. The van der Waals surface area contributed by atoms with Crippen LogP contribution in [-0.2, 0) is 24.7 Å². The molecule has 1 saturated heterocycles. The number of hydrogen-bond acceptors (Lipinski definition) is 8. The number of carbonyl (C=O) groups excluding carboxylic acids is 2. The molecule has 1 N–H and O–H groups in total. The maximum Gasteiger partial charge on any atom is 0.326 e. The lowest BCUT2D eigenvalue weighted by Gasteiger charge is -2.38. The Bertz CT molecular complexity index is 1940. The Labute approximate surface area is 290 Å². The first-order valence-electron chi connectivity index (χ1n) is 15.0. The van der Waals surface area contributed by atoms with Crippen LogP contribution in [0.3, 0.4) is 0 Å². The third-order valence-corrected chi connectivity index (χ3v) is 9.88. The summed E-state index contributed by atoms with van der Waals surface area (Å²) >= 11 is 12.5. The van der Waals surface area contributed by atoms with Crippen LogP contribution in [0.15, 0.2) is 71.7 Å². The fourth-order valence-electron chi connectivity index (χ4n) is 5.65. The molecule has 3 aromatic rings. The summed E-state index contributed by atoms with van der Waals surface area (Å²) in [7, 11) is -6.89. The van der Waals surface area contributed by atoms with Crippen molar-refractivity contribution in [2.24, 2.45) is 4.99 Å². The predicted octanol–water partition coefficient (Wildman–Crippen LogP) is 4.62. The number of benzene rings is 3. The van der Waals surface area contributed by atoms with Crippen LogP contribution in [0.2, 0.25) is 10.0 Å². The van der Waals surface area contributed by atoms with E-state index in [2.05, 4.69) is 4.72 Å². The summed E-state index contributed by atoms with van der Waals surface area (Å²) in [6.45, 7) is 2.10. The molecule has 16 heteroatoms. The van der Waals surface area contributed by atoms with Crippen molar-refractivity contribution in [1.82, 2.24) is 14.7 Å². The molecule has 0 aromatic heterocycles. The van der Waals surface area contributed by atoms with Gasteiger partial charge in [0.25, 0.3) is 0 Å². The molecule has 2 heterocycles. The van der Waals surface area contributed by atoms with E-state index in [4.69, 9.17) is 32.9 Å². The van der Waals surface area contributed by atoms with Crippen LogP contribution in [0, 0.1) is 0 Å². The summed E-state index contributed by atoms with van der Waals surface area (Å²) in [5.41, 5.74) is 2.18. The number of rotatable bonds is 10. The van der Waals surface area contributed by atoms with E-state index in [1.165, 1.54) is 20.8 Å². The van der Waals surface area contributed by atoms with Crippen molar-refractivity contribution in [3.05, 3.63) is 93.5 Å². The van der Waals surface area contributed by atoms with E-state index in [0.717, 1.165) is 23.6 Å². The fourth-order valence-corrected chi connectivity index (χ4v) is 7.01. The number of aliphatic imine (C=N–C) groups is 1. The lowest BCUT2D eigenvalue weighted by molar-refractivity contribution is -0.134. The quantitative estimate of drug-likeness (QED) is 0.320. The summed E-state index contributed by atoms with van der Waals surface area (Å²) in [6, 6.07) is 17.1. The standard InChI is InChI=1S/C32H35Cl2N5O7S2/c1-4-46-27-19-25(36-48(3,44)45)13-14-26(27)31-35-29(21-5-9-23(33)10-6-21)30(22-7-11-24(34)12-8-22)39(31)32(41)38-16-15-37(28(40)20-38)17-18-47(2,42)43/h5-14,19,29-30,36H,4,15-18,20H2,1-3H3/t29-,30+/m0/s1. The molecule has 0 unspecified atom stereocenters. The molecule has 48 heavy (non-hydrogen) atoms. The number of sulfone groups is 1. The van der Waals surface area contributed by atoms with Crippen molar-refractivity contribution >= 4 is 66.5 Å². The Balaban J connectivity index is 1.62. The Morgan fingerprint density at radius 3 is 2.12 bits per heavy atom. The summed E-state index contributed by atoms with van der Waals surface area (Å²) in [5.74, 6) is -0.0156. The molecule has 0 spiro atoms. The third kappa shape index (κ3) is 8.41. The third-order valence-electron chi connectivity index (χ3n) is 7.84. The van der Waals surface area contributed by atoms with E-state index in [1.807, 2.05) is 24.3 Å². The van der Waals surface area contributed by atoms with Crippen molar-refractivity contribution in [2.75, 3.05) is 55.8 Å². The largest absolute Gasteiger partial charge is 0.493 e. The molecule has 5 rings (SSSR count). The van der Waals surface area contributed by atoms with E-state index in [1.54, 1.807) is 43.3 Å². The zero-order valence-corrected chi connectivity index (χ0v) is 29.6. The number of nitrogens with one attached hydrogen (secondary N) is 1. The maximum absolute atomic E-state index is 14.7. The van der Waals surface area contributed by atoms with Gasteiger partial charge in [0.1, 0.15) is 34.0 Å². The number of piperazine rings is 1. The van der Waals surface area contributed by atoms with Crippen LogP contribution in [0.5, 0.6) is 5.75 Å². The molecule has 2 atom stereocenters. The molecule has 1 fully saturated rings. The second-order valence-electron chi connectivity index (χ2n) is 11.5. The van der Waals surface area contributed by atoms with Crippen molar-refractivity contribution in [2.45, 2.75) is 19.0 Å². The summed E-state index contributed by atoms with van der Waals surface area (Å²) < 4.78 is 55.9. The highest BCUT2D eigenvalue weighted by atomic mass is 35.5. The average molecular weight is 737 g/mol. The van der Waals surface area contributed by atoms with Gasteiger partial charge in [-0.25, -0.2) is 21.6 Å². The lowest BCUT2D eigenvalue weighted by atomic mass is 9.93. The molecule has 2 aliphatic heterocycles. The Kier molecular flexibility index (Phi) is 10.6. The maximum atomic E-state index is 14.7. The van der Waals surface area contributed by atoms with E-state index in [-0.39, 0.29) is 61.7 Å². The van der Waals surface area contributed by atoms with E-state index < -0.39 is 38.0 Å². The number of carbonyl (C=O) groups is 2. The van der Waals surface area contributed by atoms with Crippen LogP contribution in [0.1, 0.15) is 35.7 Å². The van der Waals surface area contributed by atoms with Crippen LogP contribution in [-0.4, -0.2) is 100 Å². The highest BCUT2D eigenvalue weighted by Gasteiger charge is 2.45. The van der Waals surface area contributed by atoms with Gasteiger partial charge in [0.05, 0.1) is 35.9 Å². The minimum Gasteiger partial charge on any atom is -0.493 e. The first-order valence-corrected chi connectivity index (χ1v) is 19.7. The second-order valence-corrected chi connectivity index (χ2v) is 16.4. The normalized spacial score (nSPS) is 18.6. The van der Waals surface area contributed by atoms with Crippen molar-refractivity contribution in [1.29, 1.82) is 0 Å². The van der Waals surface area contributed by atoms with Gasteiger partial charge < -0.3 is 14.5 Å². The molecular weight excluding hydrogens is 701 g/mol. The zero-order chi connectivity index (χ0) is 34.8. The number of amides is 3. The number of sulfonamides is 1. The van der Waals surface area contributed by atoms with Crippen LogP contribution < -0.4 is 9.46 Å². The smallest absolute Gasteiger partial charge is 0.326 e. The summed E-state index contributed by atoms with van der Waals surface area (Å²) in [6.07, 6.45) is 2.15. The molecule has 2 aliphatic rings.